The van der Waals surface area contributed by atoms with E-state index < -0.39 is 0 Å². The van der Waals surface area contributed by atoms with E-state index in [0.29, 0.717) is 0 Å². The molecule has 0 atom stereocenters. The second-order valence-corrected chi connectivity index (χ2v) is 4.67. The molecule has 0 saturated heterocycles. The lowest BCUT2D eigenvalue weighted by Gasteiger charge is -2.03. The van der Waals surface area contributed by atoms with Crippen LogP contribution >= 0.6 is 11.8 Å². The van der Waals surface area contributed by atoms with Crippen LogP contribution in [-0.2, 0) is 7.05 Å². The highest BCUT2D eigenvalue weighted by Crippen LogP contribution is 2.11. The summed E-state index contributed by atoms with van der Waals surface area (Å²) in [6, 6.07) is 0. The first-order valence-corrected chi connectivity index (χ1v) is 6.21. The Morgan fingerprint density at radius 3 is 2.93 bits per heavy atom. The lowest BCUT2D eigenvalue weighted by molar-refractivity contribution is 0.756. The molecule has 4 heteroatoms. The Bertz CT molecular complexity index is 270. The normalized spacial score (nSPS) is 10.5. The molecule has 0 aromatic carbocycles. The van der Waals surface area contributed by atoms with Crippen LogP contribution in [0.4, 0.5) is 5.69 Å². The molecule has 1 aromatic rings. The zero-order valence-electron chi connectivity index (χ0n) is 9.21. The Hall–Kier alpha value is -0.640. The summed E-state index contributed by atoms with van der Waals surface area (Å²) in [5.41, 5.74) is 2.24. The molecule has 0 saturated carbocycles. The molecule has 0 aliphatic rings. The van der Waals surface area contributed by atoms with E-state index >= 15 is 0 Å². The van der Waals surface area contributed by atoms with Gasteiger partial charge in [-0.05, 0) is 24.9 Å². The zero-order valence-corrected chi connectivity index (χ0v) is 10.0. The molecule has 3 nitrogen and oxygen atoms in total. The fourth-order valence-electron chi connectivity index (χ4n) is 1.31. The first-order chi connectivity index (χ1) is 6.74. The van der Waals surface area contributed by atoms with Gasteiger partial charge in [0.2, 0.25) is 0 Å². The maximum absolute atomic E-state index is 4.28. The van der Waals surface area contributed by atoms with Crippen molar-refractivity contribution in [2.75, 3.05) is 23.4 Å². The third kappa shape index (κ3) is 3.62. The second-order valence-electron chi connectivity index (χ2n) is 3.28. The third-order valence-corrected chi connectivity index (χ3v) is 2.98. The van der Waals surface area contributed by atoms with Gasteiger partial charge in [-0.1, -0.05) is 6.92 Å². The smallest absolute Gasteiger partial charge is 0.0824 e. The maximum atomic E-state index is 4.28. The quantitative estimate of drug-likeness (QED) is 0.735. The highest BCUT2D eigenvalue weighted by atomic mass is 32.2. The predicted molar refractivity (Wildman–Crippen MR) is 64.1 cm³/mol. The van der Waals surface area contributed by atoms with E-state index in [1.165, 1.54) is 17.9 Å². The molecule has 0 amide bonds. The van der Waals surface area contributed by atoms with E-state index in [4.69, 9.17) is 0 Å². The molecule has 80 valence electrons. The number of aromatic nitrogens is 2. The van der Waals surface area contributed by atoms with Gasteiger partial charge in [0.1, 0.15) is 0 Å². The highest BCUT2D eigenvalue weighted by Gasteiger charge is 2.00. The number of anilines is 1. The van der Waals surface area contributed by atoms with Gasteiger partial charge < -0.3 is 5.32 Å². The van der Waals surface area contributed by atoms with Crippen LogP contribution in [0.25, 0.3) is 0 Å². The van der Waals surface area contributed by atoms with E-state index in [2.05, 4.69) is 17.3 Å². The van der Waals surface area contributed by atoms with Crippen molar-refractivity contribution < 1.29 is 0 Å². The van der Waals surface area contributed by atoms with Gasteiger partial charge in [-0.15, -0.1) is 0 Å². The van der Waals surface area contributed by atoms with Gasteiger partial charge in [0.05, 0.1) is 11.4 Å². The van der Waals surface area contributed by atoms with Crippen molar-refractivity contribution in [3.05, 3.63) is 11.9 Å². The summed E-state index contributed by atoms with van der Waals surface area (Å²) in [6.07, 6.45) is 3.25. The topological polar surface area (TPSA) is 29.9 Å². The molecule has 0 fully saturated rings. The van der Waals surface area contributed by atoms with Crippen LogP contribution in [-0.4, -0.2) is 27.8 Å². The second kappa shape index (κ2) is 5.96. The molecule has 1 aromatic heterocycles. The summed E-state index contributed by atoms with van der Waals surface area (Å²) in [6.45, 7) is 5.27. The minimum absolute atomic E-state index is 1.04. The SMILES string of the molecule is CCSCCCNc1cn(C)nc1C. The Morgan fingerprint density at radius 2 is 2.36 bits per heavy atom. The van der Waals surface area contributed by atoms with Crippen molar-refractivity contribution in [1.29, 1.82) is 0 Å². The number of hydrogen-bond acceptors (Lipinski definition) is 3. The summed E-state index contributed by atoms with van der Waals surface area (Å²) in [5, 5.41) is 7.67. The third-order valence-electron chi connectivity index (χ3n) is 2.00. The molecule has 14 heavy (non-hydrogen) atoms. The molecular weight excluding hydrogens is 194 g/mol. The number of rotatable bonds is 6. The lowest BCUT2D eigenvalue weighted by atomic mass is 10.4. The Labute approximate surface area is 90.3 Å². The minimum atomic E-state index is 1.04. The van der Waals surface area contributed by atoms with Crippen molar-refractivity contribution in [3.63, 3.8) is 0 Å². The summed E-state index contributed by atoms with van der Waals surface area (Å²) in [7, 11) is 1.95. The van der Waals surface area contributed by atoms with Gasteiger partial charge in [0.15, 0.2) is 0 Å². The van der Waals surface area contributed by atoms with Crippen LogP contribution in [0.3, 0.4) is 0 Å². The predicted octanol–water partition coefficient (Wildman–Crippen LogP) is 2.28. The number of aryl methyl sites for hydroxylation is 2. The van der Waals surface area contributed by atoms with Crippen molar-refractivity contribution >= 4 is 17.4 Å². The minimum Gasteiger partial charge on any atom is -0.382 e. The van der Waals surface area contributed by atoms with E-state index in [1.807, 2.05) is 36.6 Å². The highest BCUT2D eigenvalue weighted by molar-refractivity contribution is 7.99. The number of nitrogens with zero attached hydrogens (tertiary/aromatic N) is 2. The zero-order chi connectivity index (χ0) is 10.4. The van der Waals surface area contributed by atoms with E-state index in [0.717, 1.165) is 17.9 Å². The average molecular weight is 213 g/mol. The molecule has 0 aliphatic carbocycles. The van der Waals surface area contributed by atoms with Crippen LogP contribution < -0.4 is 5.32 Å². The largest absolute Gasteiger partial charge is 0.382 e. The van der Waals surface area contributed by atoms with Crippen molar-refractivity contribution in [2.24, 2.45) is 7.05 Å². The van der Waals surface area contributed by atoms with Crippen molar-refractivity contribution in [3.8, 4) is 0 Å². The monoisotopic (exact) mass is 213 g/mol. The van der Waals surface area contributed by atoms with E-state index in [-0.39, 0.29) is 0 Å². The molecule has 0 radical (unpaired) electrons. The summed E-state index contributed by atoms with van der Waals surface area (Å²) < 4.78 is 1.85. The molecular formula is C10H19N3S. The maximum Gasteiger partial charge on any atom is 0.0824 e. The molecule has 1 heterocycles. The molecule has 0 unspecified atom stereocenters. The number of nitrogens with one attached hydrogen (secondary N) is 1. The van der Waals surface area contributed by atoms with Gasteiger partial charge >= 0.3 is 0 Å². The van der Waals surface area contributed by atoms with Crippen molar-refractivity contribution in [2.45, 2.75) is 20.3 Å². The molecule has 1 rings (SSSR count). The van der Waals surface area contributed by atoms with Crippen LogP contribution in [0.2, 0.25) is 0 Å². The van der Waals surface area contributed by atoms with E-state index in [9.17, 15) is 0 Å². The lowest BCUT2D eigenvalue weighted by Crippen LogP contribution is -2.02. The van der Waals surface area contributed by atoms with Crippen LogP contribution in [0.15, 0.2) is 6.20 Å². The Balaban J connectivity index is 2.21. The molecule has 0 bridgehead atoms. The number of hydrogen-bond donors (Lipinski definition) is 1. The van der Waals surface area contributed by atoms with Gasteiger partial charge in [-0.25, -0.2) is 0 Å². The fraction of sp³-hybridized carbons (Fsp3) is 0.700. The molecule has 0 spiro atoms. The van der Waals surface area contributed by atoms with E-state index in [1.54, 1.807) is 0 Å². The van der Waals surface area contributed by atoms with Crippen LogP contribution in [0.1, 0.15) is 19.0 Å². The summed E-state index contributed by atoms with van der Waals surface area (Å²) in [4.78, 5) is 0. The Kier molecular flexibility index (Phi) is 4.87. The standard InChI is InChI=1S/C10H19N3S/c1-4-14-7-5-6-11-10-8-13(3)12-9(10)2/h8,11H,4-7H2,1-3H3. The summed E-state index contributed by atoms with van der Waals surface area (Å²) >= 11 is 1.99. The van der Waals surface area contributed by atoms with Gasteiger partial charge in [-0.3, -0.25) is 4.68 Å². The van der Waals surface area contributed by atoms with Crippen molar-refractivity contribution in [1.82, 2.24) is 9.78 Å². The first-order valence-electron chi connectivity index (χ1n) is 5.06. The summed E-state index contributed by atoms with van der Waals surface area (Å²) in [5.74, 6) is 2.45. The van der Waals surface area contributed by atoms with Crippen LogP contribution in [0, 0.1) is 6.92 Å². The number of thioether (sulfide) groups is 1. The average Bonchev–Trinajstić information content (AvgIpc) is 2.45. The fourth-order valence-corrected chi connectivity index (χ4v) is 1.95. The molecule has 1 N–H and O–H groups in total. The van der Waals surface area contributed by atoms with Gasteiger partial charge in [-0.2, -0.15) is 16.9 Å². The van der Waals surface area contributed by atoms with Gasteiger partial charge in [0.25, 0.3) is 0 Å². The molecule has 0 aliphatic heterocycles. The van der Waals surface area contributed by atoms with Gasteiger partial charge in [0, 0.05) is 19.8 Å². The Morgan fingerprint density at radius 1 is 1.57 bits per heavy atom. The first kappa shape index (κ1) is 11.4. The van der Waals surface area contributed by atoms with Crippen LogP contribution in [0.5, 0.6) is 0 Å².